The van der Waals surface area contributed by atoms with Crippen LogP contribution in [0.3, 0.4) is 0 Å². The third-order valence-electron chi connectivity index (χ3n) is 5.50. The van der Waals surface area contributed by atoms with Gasteiger partial charge in [-0.2, -0.15) is 0 Å². The molecule has 1 aliphatic heterocycles. The topological polar surface area (TPSA) is 61.4 Å². The first kappa shape index (κ1) is 17.6. The van der Waals surface area contributed by atoms with Crippen LogP contribution in [0.5, 0.6) is 0 Å². The van der Waals surface area contributed by atoms with Crippen molar-refractivity contribution in [1.29, 1.82) is 0 Å². The first-order valence-corrected chi connectivity index (χ1v) is 9.72. The number of carbonyl (C=O) groups is 2. The molecular weight excluding hydrogens is 338 g/mol. The van der Waals surface area contributed by atoms with Gasteiger partial charge >= 0.3 is 6.03 Å². The van der Waals surface area contributed by atoms with E-state index in [2.05, 4.69) is 16.7 Å². The lowest BCUT2D eigenvalue weighted by atomic mass is 9.90. The minimum atomic E-state index is -0.485. The smallest absolute Gasteiger partial charge is 0.322 e. The maximum atomic E-state index is 13.0. The number of benzene rings is 2. The Hall–Kier alpha value is -2.82. The fraction of sp³-hybridized carbons (Fsp3) is 0.364. The van der Waals surface area contributed by atoms with Gasteiger partial charge in [0.15, 0.2) is 0 Å². The van der Waals surface area contributed by atoms with E-state index in [4.69, 9.17) is 0 Å². The minimum Gasteiger partial charge on any atom is -0.353 e. The molecule has 0 radical (unpaired) electrons. The molecule has 1 unspecified atom stereocenters. The van der Waals surface area contributed by atoms with Crippen LogP contribution in [0.1, 0.15) is 29.5 Å². The Kier molecular flexibility index (Phi) is 5.10. The second-order valence-corrected chi connectivity index (χ2v) is 7.27. The zero-order chi connectivity index (χ0) is 18.6. The molecule has 3 amide bonds. The number of hydrogen-bond donors (Lipinski definition) is 2. The zero-order valence-electron chi connectivity index (χ0n) is 15.4. The van der Waals surface area contributed by atoms with Crippen LogP contribution in [0.4, 0.5) is 10.5 Å². The lowest BCUT2D eigenvalue weighted by Gasteiger charge is -2.35. The number of aryl methyl sites for hydroxylation is 1. The number of anilines is 1. The second kappa shape index (κ2) is 7.82. The van der Waals surface area contributed by atoms with Crippen molar-refractivity contribution in [2.45, 2.75) is 38.1 Å². The summed E-state index contributed by atoms with van der Waals surface area (Å²) >= 11 is 0. The minimum absolute atomic E-state index is 0.0876. The monoisotopic (exact) mass is 363 g/mol. The molecule has 2 aromatic carbocycles. The summed E-state index contributed by atoms with van der Waals surface area (Å²) in [7, 11) is 0. The molecule has 1 fully saturated rings. The van der Waals surface area contributed by atoms with Crippen LogP contribution in [-0.4, -0.2) is 36.0 Å². The van der Waals surface area contributed by atoms with Gasteiger partial charge in [0.05, 0.1) is 0 Å². The number of urea groups is 1. The van der Waals surface area contributed by atoms with E-state index in [-0.39, 0.29) is 11.9 Å². The highest BCUT2D eigenvalue weighted by molar-refractivity contribution is 5.95. The standard InChI is InChI=1S/C22H25N3O2/c26-21-20(15-16-7-2-1-3-8-16)25(14-13-23-21)22(27)24-19-12-6-10-17-9-4-5-11-18(17)19/h1-3,6-8,10,12,20H,4-5,9,11,13-15H2,(H,23,26)(H,24,27). The van der Waals surface area contributed by atoms with E-state index in [0.717, 1.165) is 30.5 Å². The largest absolute Gasteiger partial charge is 0.353 e. The van der Waals surface area contributed by atoms with Gasteiger partial charge in [0.2, 0.25) is 5.91 Å². The summed E-state index contributed by atoms with van der Waals surface area (Å²) in [6.07, 6.45) is 4.95. The number of nitrogens with zero attached hydrogens (tertiary/aromatic N) is 1. The van der Waals surface area contributed by atoms with Crippen LogP contribution in [0.15, 0.2) is 48.5 Å². The molecule has 2 aromatic rings. The van der Waals surface area contributed by atoms with Crippen molar-refractivity contribution >= 4 is 17.6 Å². The molecule has 2 aliphatic rings. The molecule has 0 saturated carbocycles. The van der Waals surface area contributed by atoms with Crippen molar-refractivity contribution < 1.29 is 9.59 Å². The molecule has 0 aromatic heterocycles. The van der Waals surface area contributed by atoms with Gasteiger partial charge in [-0.3, -0.25) is 4.79 Å². The summed E-state index contributed by atoms with van der Waals surface area (Å²) in [4.78, 5) is 27.2. The molecule has 27 heavy (non-hydrogen) atoms. The molecule has 1 saturated heterocycles. The van der Waals surface area contributed by atoms with Crippen molar-refractivity contribution in [3.05, 3.63) is 65.2 Å². The first-order valence-electron chi connectivity index (χ1n) is 9.72. The van der Waals surface area contributed by atoms with Crippen LogP contribution in [0, 0.1) is 0 Å². The molecule has 0 bridgehead atoms. The molecule has 5 nitrogen and oxygen atoms in total. The van der Waals surface area contributed by atoms with Gasteiger partial charge in [-0.05, 0) is 48.4 Å². The Morgan fingerprint density at radius 2 is 1.89 bits per heavy atom. The quantitative estimate of drug-likeness (QED) is 0.880. The van der Waals surface area contributed by atoms with E-state index in [9.17, 15) is 9.59 Å². The molecule has 1 heterocycles. The van der Waals surface area contributed by atoms with E-state index in [0.29, 0.717) is 19.5 Å². The molecule has 4 rings (SSSR count). The lowest BCUT2D eigenvalue weighted by Crippen LogP contribution is -2.59. The van der Waals surface area contributed by atoms with E-state index in [1.165, 1.54) is 17.5 Å². The number of carbonyl (C=O) groups excluding carboxylic acids is 2. The fourth-order valence-corrected chi connectivity index (χ4v) is 4.08. The normalized spacial score (nSPS) is 19.2. The maximum Gasteiger partial charge on any atom is 0.322 e. The van der Waals surface area contributed by atoms with Crippen molar-refractivity contribution in [3.8, 4) is 0 Å². The number of nitrogens with one attached hydrogen (secondary N) is 2. The Bertz CT molecular complexity index is 835. The van der Waals surface area contributed by atoms with Gasteiger partial charge in [0.1, 0.15) is 6.04 Å². The average Bonchev–Trinajstić information content (AvgIpc) is 2.70. The third-order valence-corrected chi connectivity index (χ3v) is 5.50. The predicted molar refractivity (Wildman–Crippen MR) is 106 cm³/mol. The molecule has 5 heteroatoms. The highest BCUT2D eigenvalue weighted by Gasteiger charge is 2.33. The van der Waals surface area contributed by atoms with Gasteiger partial charge in [0, 0.05) is 25.2 Å². The van der Waals surface area contributed by atoms with E-state index < -0.39 is 6.04 Å². The number of amides is 3. The van der Waals surface area contributed by atoms with E-state index >= 15 is 0 Å². The third kappa shape index (κ3) is 3.82. The Labute approximate surface area is 159 Å². The summed E-state index contributed by atoms with van der Waals surface area (Å²) in [5.74, 6) is -0.0876. The predicted octanol–water partition coefficient (Wildman–Crippen LogP) is 3.14. The van der Waals surface area contributed by atoms with Gasteiger partial charge in [-0.15, -0.1) is 0 Å². The van der Waals surface area contributed by atoms with Crippen LogP contribution < -0.4 is 10.6 Å². The molecule has 140 valence electrons. The highest BCUT2D eigenvalue weighted by Crippen LogP contribution is 2.28. The number of fused-ring (bicyclic) bond motifs is 1. The number of hydrogen-bond acceptors (Lipinski definition) is 2. The molecular formula is C22H25N3O2. The van der Waals surface area contributed by atoms with E-state index in [1.807, 2.05) is 42.5 Å². The molecule has 2 N–H and O–H groups in total. The SMILES string of the molecule is O=C1NCCN(C(=O)Nc2cccc3c2CCCC3)C1Cc1ccccc1. The summed E-state index contributed by atoms with van der Waals surface area (Å²) in [5.41, 5.74) is 4.52. The summed E-state index contributed by atoms with van der Waals surface area (Å²) in [6, 6.07) is 15.3. The molecule has 1 atom stereocenters. The van der Waals surface area contributed by atoms with Crippen LogP contribution in [-0.2, 0) is 24.1 Å². The van der Waals surface area contributed by atoms with E-state index in [1.54, 1.807) is 4.90 Å². The van der Waals surface area contributed by atoms with Crippen LogP contribution in [0.2, 0.25) is 0 Å². The zero-order valence-corrected chi connectivity index (χ0v) is 15.4. The Morgan fingerprint density at radius 3 is 2.74 bits per heavy atom. The number of piperazine rings is 1. The Balaban J connectivity index is 1.53. The number of rotatable bonds is 3. The van der Waals surface area contributed by atoms with Gasteiger partial charge < -0.3 is 15.5 Å². The van der Waals surface area contributed by atoms with Crippen LogP contribution in [0.25, 0.3) is 0 Å². The summed E-state index contributed by atoms with van der Waals surface area (Å²) < 4.78 is 0. The Morgan fingerprint density at radius 1 is 1.07 bits per heavy atom. The van der Waals surface area contributed by atoms with Crippen LogP contribution >= 0.6 is 0 Å². The van der Waals surface area contributed by atoms with Crippen molar-refractivity contribution in [1.82, 2.24) is 10.2 Å². The van der Waals surface area contributed by atoms with Crippen molar-refractivity contribution in [2.75, 3.05) is 18.4 Å². The maximum absolute atomic E-state index is 13.0. The van der Waals surface area contributed by atoms with Gasteiger partial charge in [-0.25, -0.2) is 4.79 Å². The summed E-state index contributed by atoms with van der Waals surface area (Å²) in [5, 5.41) is 5.97. The second-order valence-electron chi connectivity index (χ2n) is 7.27. The van der Waals surface area contributed by atoms with Gasteiger partial charge in [-0.1, -0.05) is 42.5 Å². The summed E-state index contributed by atoms with van der Waals surface area (Å²) in [6.45, 7) is 1.01. The molecule has 1 aliphatic carbocycles. The fourth-order valence-electron chi connectivity index (χ4n) is 4.08. The lowest BCUT2D eigenvalue weighted by molar-refractivity contribution is -0.127. The van der Waals surface area contributed by atoms with Crippen molar-refractivity contribution in [2.24, 2.45) is 0 Å². The average molecular weight is 363 g/mol. The van der Waals surface area contributed by atoms with Gasteiger partial charge in [0.25, 0.3) is 0 Å². The first-order chi connectivity index (χ1) is 13.2. The highest BCUT2D eigenvalue weighted by atomic mass is 16.2. The molecule has 0 spiro atoms. The van der Waals surface area contributed by atoms with Crippen molar-refractivity contribution in [3.63, 3.8) is 0 Å².